The first-order chi connectivity index (χ1) is 16.1. The maximum Gasteiger partial charge on any atom is 0.281 e. The molecule has 0 radical (unpaired) electrons. The van der Waals surface area contributed by atoms with Crippen molar-refractivity contribution < 1.29 is 28.3 Å². The Balaban J connectivity index is 1.44. The number of carbonyl (C=O) groups excluding carboxylic acids is 1. The lowest BCUT2D eigenvalue weighted by Gasteiger charge is -2.24. The minimum atomic E-state index is -0.487. The maximum atomic E-state index is 14.3. The van der Waals surface area contributed by atoms with Crippen LogP contribution >= 0.6 is 0 Å². The van der Waals surface area contributed by atoms with E-state index in [1.54, 1.807) is 12.1 Å². The third kappa shape index (κ3) is 3.15. The molecule has 4 aromatic rings. The van der Waals surface area contributed by atoms with E-state index in [0.29, 0.717) is 33.9 Å². The summed E-state index contributed by atoms with van der Waals surface area (Å²) in [5.74, 6) is 0.209. The van der Waals surface area contributed by atoms with E-state index in [2.05, 4.69) is 5.16 Å². The minimum Gasteiger partial charge on any atom is -0.467 e. The largest absolute Gasteiger partial charge is 0.467 e. The van der Waals surface area contributed by atoms with Gasteiger partial charge in [-0.3, -0.25) is 4.79 Å². The number of nitrogens with zero attached hydrogens (tertiary/aromatic N) is 2. The van der Waals surface area contributed by atoms with Gasteiger partial charge in [-0.1, -0.05) is 29.4 Å². The molecule has 0 fully saturated rings. The fourth-order valence-electron chi connectivity index (χ4n) is 4.38. The molecule has 0 aliphatic carbocycles. The molecule has 3 aromatic carbocycles. The molecule has 6 rings (SSSR count). The van der Waals surface area contributed by atoms with Crippen LogP contribution in [0.1, 0.15) is 16.7 Å². The molecule has 33 heavy (non-hydrogen) atoms. The van der Waals surface area contributed by atoms with Crippen molar-refractivity contribution in [1.29, 1.82) is 0 Å². The highest BCUT2D eigenvalue weighted by atomic mass is 19.1. The van der Waals surface area contributed by atoms with Gasteiger partial charge in [-0.05, 0) is 36.4 Å². The summed E-state index contributed by atoms with van der Waals surface area (Å²) >= 11 is 0. The van der Waals surface area contributed by atoms with E-state index in [0.717, 1.165) is 16.5 Å². The topological polar surface area (TPSA) is 84.5 Å². The first-order valence-electron chi connectivity index (χ1n) is 10.3. The fraction of sp³-hybridized carbons (Fsp3) is 0.120. The van der Waals surface area contributed by atoms with Gasteiger partial charge in [0.1, 0.15) is 22.9 Å². The third-order valence-electron chi connectivity index (χ3n) is 5.88. The van der Waals surface area contributed by atoms with Crippen LogP contribution in [0.5, 0.6) is 5.75 Å². The van der Waals surface area contributed by atoms with Gasteiger partial charge >= 0.3 is 0 Å². The van der Waals surface area contributed by atoms with Gasteiger partial charge < -0.3 is 24.0 Å². The van der Waals surface area contributed by atoms with E-state index in [1.807, 2.05) is 36.4 Å². The standard InChI is InChI=1S/C25H17FN2O5/c26-18-7-16(24-17(8-18)12-31-13-32-24)11-28-20-9-15(5-6-19(20)23(27-30)25(28)29)22-10-14-3-1-2-4-21(14)33-22/h1-10,30H,11-13H2/b27-23-. The average Bonchev–Trinajstić information content (AvgIpc) is 3.37. The number of furan rings is 1. The summed E-state index contributed by atoms with van der Waals surface area (Å²) in [7, 11) is 0. The number of rotatable bonds is 3. The van der Waals surface area contributed by atoms with Gasteiger partial charge in [0.05, 0.1) is 18.8 Å². The molecule has 1 aromatic heterocycles. The molecule has 0 bridgehead atoms. The number of fused-ring (bicyclic) bond motifs is 3. The molecule has 1 amide bonds. The van der Waals surface area contributed by atoms with Gasteiger partial charge in [-0.15, -0.1) is 0 Å². The van der Waals surface area contributed by atoms with Crippen molar-refractivity contribution in [1.82, 2.24) is 0 Å². The van der Waals surface area contributed by atoms with Gasteiger partial charge in [0.15, 0.2) is 12.5 Å². The molecule has 8 heteroatoms. The molecule has 3 heterocycles. The average molecular weight is 444 g/mol. The zero-order valence-corrected chi connectivity index (χ0v) is 17.2. The molecule has 1 N–H and O–H groups in total. The SMILES string of the molecule is O=C1/C(=N\O)c2ccc(-c3cc4ccccc4o3)cc2N1Cc1cc(F)cc2c1OCOC2. The number of para-hydroxylation sites is 1. The number of amides is 1. The molecule has 0 saturated heterocycles. The summed E-state index contributed by atoms with van der Waals surface area (Å²) < 4.78 is 31.1. The van der Waals surface area contributed by atoms with Gasteiger partial charge in [-0.2, -0.15) is 0 Å². The molecule has 2 aliphatic rings. The van der Waals surface area contributed by atoms with Gasteiger partial charge in [0, 0.05) is 27.6 Å². The predicted molar refractivity (Wildman–Crippen MR) is 118 cm³/mol. The van der Waals surface area contributed by atoms with Crippen molar-refractivity contribution >= 4 is 28.3 Å². The van der Waals surface area contributed by atoms with Crippen LogP contribution in [-0.2, 0) is 22.7 Å². The van der Waals surface area contributed by atoms with Crippen molar-refractivity contribution in [2.45, 2.75) is 13.2 Å². The Morgan fingerprint density at radius 3 is 2.82 bits per heavy atom. The highest BCUT2D eigenvalue weighted by Crippen LogP contribution is 2.38. The number of hydrogen-bond acceptors (Lipinski definition) is 6. The summed E-state index contributed by atoms with van der Waals surface area (Å²) in [6.07, 6.45) is 0. The summed E-state index contributed by atoms with van der Waals surface area (Å²) in [4.78, 5) is 14.5. The Hall–Kier alpha value is -4.17. The molecule has 0 saturated carbocycles. The Morgan fingerprint density at radius 1 is 1.09 bits per heavy atom. The number of ether oxygens (including phenoxy) is 2. The first-order valence-corrected chi connectivity index (χ1v) is 10.3. The lowest BCUT2D eigenvalue weighted by molar-refractivity contribution is -0.112. The van der Waals surface area contributed by atoms with Crippen LogP contribution in [0, 0.1) is 5.82 Å². The fourth-order valence-corrected chi connectivity index (χ4v) is 4.38. The van der Waals surface area contributed by atoms with Crippen LogP contribution in [0.15, 0.2) is 70.2 Å². The molecular formula is C25H17FN2O5. The molecule has 2 aliphatic heterocycles. The van der Waals surface area contributed by atoms with Crippen molar-refractivity contribution in [2.75, 3.05) is 11.7 Å². The third-order valence-corrected chi connectivity index (χ3v) is 5.88. The van der Waals surface area contributed by atoms with E-state index >= 15 is 0 Å². The summed E-state index contributed by atoms with van der Waals surface area (Å²) in [6, 6.07) is 17.6. The quantitative estimate of drug-likeness (QED) is 0.361. The Kier molecular flexibility index (Phi) is 4.41. The molecular weight excluding hydrogens is 427 g/mol. The monoisotopic (exact) mass is 444 g/mol. The van der Waals surface area contributed by atoms with E-state index in [1.165, 1.54) is 17.0 Å². The summed E-state index contributed by atoms with van der Waals surface area (Å²) in [5.41, 5.74) is 3.54. The van der Waals surface area contributed by atoms with E-state index < -0.39 is 11.7 Å². The van der Waals surface area contributed by atoms with Gasteiger partial charge in [-0.25, -0.2) is 4.39 Å². The number of halogens is 1. The lowest BCUT2D eigenvalue weighted by Crippen LogP contribution is -2.30. The molecule has 0 spiro atoms. The Labute approximate surface area is 187 Å². The lowest BCUT2D eigenvalue weighted by atomic mass is 10.1. The van der Waals surface area contributed by atoms with Crippen LogP contribution in [0.25, 0.3) is 22.3 Å². The first kappa shape index (κ1) is 19.5. The maximum absolute atomic E-state index is 14.3. The van der Waals surface area contributed by atoms with Crippen molar-refractivity contribution in [3.8, 4) is 17.1 Å². The van der Waals surface area contributed by atoms with Crippen LogP contribution in [0.4, 0.5) is 10.1 Å². The van der Waals surface area contributed by atoms with Crippen LogP contribution in [0.2, 0.25) is 0 Å². The van der Waals surface area contributed by atoms with E-state index in [-0.39, 0.29) is 25.7 Å². The second-order valence-corrected chi connectivity index (χ2v) is 7.88. The number of carbonyl (C=O) groups is 1. The Bertz CT molecular complexity index is 1430. The highest BCUT2D eigenvalue weighted by Gasteiger charge is 2.36. The normalized spacial score (nSPS) is 16.2. The Morgan fingerprint density at radius 2 is 1.97 bits per heavy atom. The van der Waals surface area contributed by atoms with Crippen LogP contribution < -0.4 is 9.64 Å². The minimum absolute atomic E-state index is 0.0362. The zero-order valence-electron chi connectivity index (χ0n) is 17.2. The van der Waals surface area contributed by atoms with Crippen LogP contribution in [0.3, 0.4) is 0 Å². The van der Waals surface area contributed by atoms with Crippen molar-refractivity contribution in [3.05, 3.63) is 83.2 Å². The van der Waals surface area contributed by atoms with Crippen molar-refractivity contribution in [3.63, 3.8) is 0 Å². The number of oxime groups is 1. The second-order valence-electron chi connectivity index (χ2n) is 7.88. The molecule has 0 unspecified atom stereocenters. The summed E-state index contributed by atoms with van der Waals surface area (Å²) in [5, 5.41) is 13.7. The van der Waals surface area contributed by atoms with E-state index in [9.17, 15) is 14.4 Å². The predicted octanol–water partition coefficient (Wildman–Crippen LogP) is 4.83. The summed E-state index contributed by atoms with van der Waals surface area (Å²) in [6.45, 7) is 0.314. The molecule has 164 valence electrons. The molecule has 7 nitrogen and oxygen atoms in total. The molecule has 0 atom stereocenters. The smallest absolute Gasteiger partial charge is 0.281 e. The van der Waals surface area contributed by atoms with Crippen LogP contribution in [-0.4, -0.2) is 23.6 Å². The number of anilines is 1. The zero-order chi connectivity index (χ0) is 22.5. The van der Waals surface area contributed by atoms with Gasteiger partial charge in [0.25, 0.3) is 5.91 Å². The van der Waals surface area contributed by atoms with Crippen molar-refractivity contribution in [2.24, 2.45) is 5.16 Å². The number of hydrogen-bond donors (Lipinski definition) is 1. The highest BCUT2D eigenvalue weighted by molar-refractivity contribution is 6.54. The number of benzene rings is 3. The second kappa shape index (κ2) is 7.46. The van der Waals surface area contributed by atoms with Gasteiger partial charge in [0.2, 0.25) is 0 Å². The van der Waals surface area contributed by atoms with E-state index in [4.69, 9.17) is 13.9 Å².